The summed E-state index contributed by atoms with van der Waals surface area (Å²) >= 11 is 0. The fraction of sp³-hybridized carbons (Fsp3) is 0.667. The van der Waals surface area contributed by atoms with Crippen LogP contribution >= 0.6 is 24.0 Å². The highest BCUT2D eigenvalue weighted by Crippen LogP contribution is 2.20. The molecule has 8 heteroatoms. The number of nitrogens with zero attached hydrogens (tertiary/aromatic N) is 2. The van der Waals surface area contributed by atoms with Gasteiger partial charge in [-0.3, -0.25) is 14.7 Å². The van der Waals surface area contributed by atoms with Crippen molar-refractivity contribution < 1.29 is 9.59 Å². The molecule has 1 fully saturated rings. The molecule has 23 heavy (non-hydrogen) atoms. The number of hydrogen-bond donors (Lipinski definition) is 3. The zero-order valence-electron chi connectivity index (χ0n) is 13.9. The maximum atomic E-state index is 12.2. The molecule has 1 rings (SSSR count). The van der Waals surface area contributed by atoms with Crippen LogP contribution in [0.1, 0.15) is 33.6 Å². The van der Waals surface area contributed by atoms with Gasteiger partial charge in [0.1, 0.15) is 5.54 Å². The zero-order valence-corrected chi connectivity index (χ0v) is 16.3. The summed E-state index contributed by atoms with van der Waals surface area (Å²) in [5.41, 5.74) is -0.774. The van der Waals surface area contributed by atoms with Crippen molar-refractivity contribution in [1.29, 1.82) is 0 Å². The van der Waals surface area contributed by atoms with Gasteiger partial charge >= 0.3 is 6.03 Å². The van der Waals surface area contributed by atoms with E-state index in [9.17, 15) is 9.59 Å². The van der Waals surface area contributed by atoms with Gasteiger partial charge in [-0.05, 0) is 26.7 Å². The molecule has 1 atom stereocenters. The highest BCUT2D eigenvalue weighted by molar-refractivity contribution is 14.0. The molecule has 0 aromatic rings. The number of imide groups is 1. The van der Waals surface area contributed by atoms with Crippen molar-refractivity contribution in [2.24, 2.45) is 4.99 Å². The molecule has 0 bridgehead atoms. The average Bonchev–Trinajstić information content (AvgIpc) is 2.72. The highest BCUT2D eigenvalue weighted by Gasteiger charge is 2.45. The second kappa shape index (κ2) is 10.3. The summed E-state index contributed by atoms with van der Waals surface area (Å²) < 4.78 is 0. The van der Waals surface area contributed by atoms with Gasteiger partial charge < -0.3 is 16.0 Å². The van der Waals surface area contributed by atoms with Crippen molar-refractivity contribution in [1.82, 2.24) is 20.9 Å². The lowest BCUT2D eigenvalue weighted by molar-refractivity contribution is -0.130. The molecule has 0 aromatic carbocycles. The number of terminal acetylenes is 1. The van der Waals surface area contributed by atoms with Gasteiger partial charge in [-0.1, -0.05) is 12.8 Å². The highest BCUT2D eigenvalue weighted by atomic mass is 127. The minimum absolute atomic E-state index is 0. The summed E-state index contributed by atoms with van der Waals surface area (Å²) in [4.78, 5) is 29.7. The van der Waals surface area contributed by atoms with Gasteiger partial charge in [0, 0.05) is 19.6 Å². The number of hydrogen-bond acceptors (Lipinski definition) is 3. The van der Waals surface area contributed by atoms with E-state index in [2.05, 4.69) is 26.9 Å². The standard InChI is InChI=1S/C15H25N5O2.HI/c1-5-9-17-13(16-7-3)18-10-8-11-20-12(21)15(4,6-2)19-14(20)22;/h1H,6-11H2,2-4H3,(H,19,22)(H2,16,17,18);1H. The Morgan fingerprint density at radius 2 is 2.09 bits per heavy atom. The molecule has 130 valence electrons. The first kappa shape index (κ1) is 21.5. The largest absolute Gasteiger partial charge is 0.357 e. The zero-order chi connectivity index (χ0) is 16.6. The number of carbonyl (C=O) groups is 2. The fourth-order valence-electron chi connectivity index (χ4n) is 2.09. The van der Waals surface area contributed by atoms with Gasteiger partial charge in [0.15, 0.2) is 5.96 Å². The van der Waals surface area contributed by atoms with Crippen LogP contribution in [0.25, 0.3) is 0 Å². The molecular weight excluding hydrogens is 409 g/mol. The molecule has 3 N–H and O–H groups in total. The van der Waals surface area contributed by atoms with Crippen LogP contribution in [-0.4, -0.2) is 54.5 Å². The van der Waals surface area contributed by atoms with Crippen molar-refractivity contribution in [3.05, 3.63) is 0 Å². The van der Waals surface area contributed by atoms with Gasteiger partial charge in [-0.25, -0.2) is 4.79 Å². The van der Waals surface area contributed by atoms with Crippen LogP contribution < -0.4 is 16.0 Å². The molecule has 1 aliphatic rings. The SMILES string of the molecule is C#CCNC(=NCCCN1C(=O)NC(C)(CC)C1=O)NCC.I. The predicted octanol–water partition coefficient (Wildman–Crippen LogP) is 0.903. The summed E-state index contributed by atoms with van der Waals surface area (Å²) in [5.74, 6) is 2.95. The molecule has 1 unspecified atom stereocenters. The Labute approximate surface area is 155 Å². The Morgan fingerprint density at radius 3 is 2.61 bits per heavy atom. The summed E-state index contributed by atoms with van der Waals surface area (Å²) in [6, 6.07) is -0.323. The van der Waals surface area contributed by atoms with Crippen LogP contribution in [0, 0.1) is 12.3 Å². The van der Waals surface area contributed by atoms with Crippen LogP contribution in [0.15, 0.2) is 4.99 Å². The molecular formula is C15H26IN5O2. The molecule has 1 saturated heterocycles. The summed E-state index contributed by atoms with van der Waals surface area (Å²) in [6.45, 7) is 7.58. The number of amides is 3. The normalized spacial score (nSPS) is 20.6. The molecule has 0 saturated carbocycles. The molecule has 1 aliphatic heterocycles. The first-order valence-corrected chi connectivity index (χ1v) is 7.58. The van der Waals surface area contributed by atoms with Crippen LogP contribution in [0.4, 0.5) is 4.79 Å². The molecule has 0 spiro atoms. The van der Waals surface area contributed by atoms with E-state index in [0.717, 1.165) is 6.54 Å². The second-order valence-electron chi connectivity index (χ2n) is 5.24. The van der Waals surface area contributed by atoms with E-state index in [4.69, 9.17) is 6.42 Å². The van der Waals surface area contributed by atoms with Crippen molar-refractivity contribution in [2.45, 2.75) is 39.2 Å². The van der Waals surface area contributed by atoms with Crippen molar-refractivity contribution in [2.75, 3.05) is 26.2 Å². The van der Waals surface area contributed by atoms with Crippen LogP contribution in [0.3, 0.4) is 0 Å². The van der Waals surface area contributed by atoms with E-state index in [1.165, 1.54) is 4.90 Å². The lowest BCUT2D eigenvalue weighted by Crippen LogP contribution is -2.43. The number of guanidine groups is 1. The van der Waals surface area contributed by atoms with Crippen molar-refractivity contribution >= 4 is 41.9 Å². The number of urea groups is 1. The lowest BCUT2D eigenvalue weighted by Gasteiger charge is -2.19. The van der Waals surface area contributed by atoms with Gasteiger partial charge in [0.25, 0.3) is 5.91 Å². The number of carbonyl (C=O) groups excluding carboxylic acids is 2. The first-order valence-electron chi connectivity index (χ1n) is 7.58. The maximum absolute atomic E-state index is 12.2. The van der Waals surface area contributed by atoms with E-state index >= 15 is 0 Å². The lowest BCUT2D eigenvalue weighted by atomic mass is 9.99. The van der Waals surface area contributed by atoms with Crippen molar-refractivity contribution in [3.63, 3.8) is 0 Å². The quantitative estimate of drug-likeness (QED) is 0.139. The van der Waals surface area contributed by atoms with Crippen LogP contribution in [0.5, 0.6) is 0 Å². The van der Waals surface area contributed by atoms with Gasteiger partial charge in [-0.2, -0.15) is 0 Å². The Bertz CT molecular complexity index is 489. The monoisotopic (exact) mass is 435 g/mol. The molecule has 0 aliphatic carbocycles. The third-order valence-corrected chi connectivity index (χ3v) is 3.56. The predicted molar refractivity (Wildman–Crippen MR) is 102 cm³/mol. The Kier molecular flexibility index (Phi) is 9.64. The summed E-state index contributed by atoms with van der Waals surface area (Å²) in [6.07, 6.45) is 6.37. The molecule has 1 heterocycles. The maximum Gasteiger partial charge on any atom is 0.325 e. The number of nitrogens with one attached hydrogen (secondary N) is 3. The van der Waals surface area contributed by atoms with E-state index in [-0.39, 0.29) is 35.9 Å². The first-order chi connectivity index (χ1) is 10.5. The Morgan fingerprint density at radius 1 is 1.39 bits per heavy atom. The van der Waals surface area contributed by atoms with E-state index in [0.29, 0.717) is 38.4 Å². The van der Waals surface area contributed by atoms with Crippen molar-refractivity contribution in [3.8, 4) is 12.3 Å². The Hall–Kier alpha value is -1.50. The van der Waals surface area contributed by atoms with Gasteiger partial charge in [-0.15, -0.1) is 30.4 Å². The summed E-state index contributed by atoms with van der Waals surface area (Å²) in [7, 11) is 0. The van der Waals surface area contributed by atoms with Gasteiger partial charge in [0.05, 0.1) is 6.54 Å². The number of rotatable bonds is 7. The minimum Gasteiger partial charge on any atom is -0.357 e. The topological polar surface area (TPSA) is 85.8 Å². The smallest absolute Gasteiger partial charge is 0.325 e. The second-order valence-corrected chi connectivity index (χ2v) is 5.24. The van der Waals surface area contributed by atoms with E-state index in [1.54, 1.807) is 6.92 Å². The van der Waals surface area contributed by atoms with E-state index < -0.39 is 5.54 Å². The number of halogens is 1. The molecule has 7 nitrogen and oxygen atoms in total. The summed E-state index contributed by atoms with van der Waals surface area (Å²) in [5, 5.41) is 8.78. The Balaban J connectivity index is 0.00000484. The third kappa shape index (κ3) is 5.89. The van der Waals surface area contributed by atoms with Crippen LogP contribution in [-0.2, 0) is 4.79 Å². The van der Waals surface area contributed by atoms with Crippen LogP contribution in [0.2, 0.25) is 0 Å². The fourth-order valence-corrected chi connectivity index (χ4v) is 2.09. The average molecular weight is 435 g/mol. The third-order valence-electron chi connectivity index (χ3n) is 3.56. The molecule has 0 radical (unpaired) electrons. The van der Waals surface area contributed by atoms with E-state index in [1.807, 2.05) is 13.8 Å². The molecule has 0 aromatic heterocycles. The minimum atomic E-state index is -0.774. The molecule has 3 amide bonds. The van der Waals surface area contributed by atoms with Gasteiger partial charge in [0.2, 0.25) is 0 Å². The number of aliphatic imine (C=N–C) groups is 1.